The molecular formula is C13H17NO4S. The third kappa shape index (κ3) is 4.24. The van der Waals surface area contributed by atoms with Gasteiger partial charge in [0.15, 0.2) is 9.84 Å². The zero-order valence-electron chi connectivity index (χ0n) is 10.8. The van der Waals surface area contributed by atoms with Gasteiger partial charge in [0.05, 0.1) is 5.75 Å². The summed E-state index contributed by atoms with van der Waals surface area (Å²) in [6, 6.07) is 3.76. The van der Waals surface area contributed by atoms with E-state index in [1.807, 2.05) is 19.1 Å². The van der Waals surface area contributed by atoms with Gasteiger partial charge in [-0.25, -0.2) is 8.42 Å². The molecule has 1 aromatic heterocycles. The first-order valence-electron chi connectivity index (χ1n) is 6.17. The van der Waals surface area contributed by atoms with Crippen molar-refractivity contribution in [3.8, 4) is 0 Å². The Morgan fingerprint density at radius 3 is 2.84 bits per heavy atom. The van der Waals surface area contributed by atoms with Gasteiger partial charge in [0.25, 0.3) is 0 Å². The maximum Gasteiger partial charge on any atom is 0.220 e. The average Bonchev–Trinajstić information content (AvgIpc) is 2.85. The van der Waals surface area contributed by atoms with Crippen LogP contribution in [-0.2, 0) is 21.1 Å². The molecule has 0 bridgehead atoms. The Morgan fingerprint density at radius 1 is 1.47 bits per heavy atom. The Labute approximate surface area is 112 Å². The second kappa shape index (κ2) is 5.61. The van der Waals surface area contributed by atoms with E-state index in [2.05, 4.69) is 5.32 Å². The molecule has 0 radical (unpaired) electrons. The largest absolute Gasteiger partial charge is 0.466 e. The average molecular weight is 283 g/mol. The van der Waals surface area contributed by atoms with Gasteiger partial charge in [-0.15, -0.1) is 0 Å². The van der Waals surface area contributed by atoms with E-state index in [1.165, 1.54) is 5.41 Å². The van der Waals surface area contributed by atoms with Crippen LogP contribution in [0.25, 0.3) is 0 Å². The second-order valence-electron chi connectivity index (χ2n) is 4.73. The highest BCUT2D eigenvalue weighted by atomic mass is 32.2. The van der Waals surface area contributed by atoms with Gasteiger partial charge in [-0.2, -0.15) is 0 Å². The number of nitrogens with one attached hydrogen (secondary N) is 1. The predicted molar refractivity (Wildman–Crippen MR) is 71.2 cm³/mol. The monoisotopic (exact) mass is 283 g/mol. The van der Waals surface area contributed by atoms with Gasteiger partial charge in [-0.1, -0.05) is 6.08 Å². The van der Waals surface area contributed by atoms with Crippen molar-refractivity contribution in [3.05, 3.63) is 35.1 Å². The van der Waals surface area contributed by atoms with Crippen molar-refractivity contribution in [1.29, 1.82) is 0 Å². The van der Waals surface area contributed by atoms with Crippen molar-refractivity contribution in [1.82, 2.24) is 5.32 Å². The first-order valence-corrected chi connectivity index (χ1v) is 7.89. The van der Waals surface area contributed by atoms with Gasteiger partial charge in [0.2, 0.25) is 5.91 Å². The van der Waals surface area contributed by atoms with E-state index in [9.17, 15) is 13.2 Å². The normalized spacial score (nSPS) is 20.6. The van der Waals surface area contributed by atoms with E-state index in [-0.39, 0.29) is 24.0 Å². The highest BCUT2D eigenvalue weighted by molar-refractivity contribution is 7.94. The van der Waals surface area contributed by atoms with Gasteiger partial charge >= 0.3 is 0 Å². The van der Waals surface area contributed by atoms with Crippen molar-refractivity contribution in [3.63, 3.8) is 0 Å². The zero-order valence-corrected chi connectivity index (χ0v) is 11.6. The molecule has 2 heterocycles. The minimum Gasteiger partial charge on any atom is -0.466 e. The highest BCUT2D eigenvalue weighted by Gasteiger charge is 2.23. The quantitative estimate of drug-likeness (QED) is 0.880. The summed E-state index contributed by atoms with van der Waals surface area (Å²) in [6.07, 6.45) is 2.44. The molecule has 0 fully saturated rings. The summed E-state index contributed by atoms with van der Waals surface area (Å²) in [4.78, 5) is 11.6. The molecular weight excluding hydrogens is 266 g/mol. The molecule has 0 spiro atoms. The Balaban J connectivity index is 1.69. The third-order valence-electron chi connectivity index (χ3n) is 2.94. The Morgan fingerprint density at radius 2 is 2.26 bits per heavy atom. The van der Waals surface area contributed by atoms with Crippen LogP contribution in [0, 0.1) is 12.8 Å². The van der Waals surface area contributed by atoms with Crippen LogP contribution in [0.1, 0.15) is 17.9 Å². The van der Waals surface area contributed by atoms with Crippen LogP contribution in [0.5, 0.6) is 0 Å². The molecule has 1 aliphatic rings. The van der Waals surface area contributed by atoms with Gasteiger partial charge in [-0.05, 0) is 19.1 Å². The van der Waals surface area contributed by atoms with Crippen LogP contribution in [-0.4, -0.2) is 26.6 Å². The molecule has 0 unspecified atom stereocenters. The maximum absolute atomic E-state index is 11.6. The first-order chi connectivity index (χ1) is 8.94. The van der Waals surface area contributed by atoms with Crippen LogP contribution in [0.15, 0.2) is 28.0 Å². The molecule has 0 saturated heterocycles. The topological polar surface area (TPSA) is 76.4 Å². The summed E-state index contributed by atoms with van der Waals surface area (Å²) in [7, 11) is -3.08. The lowest BCUT2D eigenvalue weighted by Gasteiger charge is -2.07. The lowest BCUT2D eigenvalue weighted by atomic mass is 10.1. The van der Waals surface area contributed by atoms with Crippen molar-refractivity contribution in [2.45, 2.75) is 19.8 Å². The molecule has 0 saturated carbocycles. The zero-order chi connectivity index (χ0) is 13.9. The Hall–Kier alpha value is -1.56. The number of hydrogen-bond acceptors (Lipinski definition) is 4. The minimum absolute atomic E-state index is 0.0395. The van der Waals surface area contributed by atoms with Crippen molar-refractivity contribution >= 4 is 15.7 Å². The SMILES string of the molecule is Cc1ccc(CCNC(=O)C[C@H]2C=CS(=O)(=O)C2)o1. The standard InChI is InChI=1S/C13H17NO4S/c1-10-2-3-12(18-10)4-6-14-13(15)8-11-5-7-19(16,17)9-11/h2-3,5,7,11H,4,6,8-9H2,1H3,(H,14,15)/t11-/m1/s1. The molecule has 104 valence electrons. The smallest absolute Gasteiger partial charge is 0.220 e. The molecule has 5 nitrogen and oxygen atoms in total. The lowest BCUT2D eigenvalue weighted by molar-refractivity contribution is -0.121. The fourth-order valence-corrected chi connectivity index (χ4v) is 3.42. The number of rotatable bonds is 5. The van der Waals surface area contributed by atoms with Gasteiger partial charge in [-0.3, -0.25) is 4.79 Å². The molecule has 0 aromatic carbocycles. The number of hydrogen-bond donors (Lipinski definition) is 1. The summed E-state index contributed by atoms with van der Waals surface area (Å²) in [5.74, 6) is 1.40. The lowest BCUT2D eigenvalue weighted by Crippen LogP contribution is -2.27. The molecule has 1 amide bonds. The predicted octanol–water partition coefficient (Wildman–Crippen LogP) is 1.20. The summed E-state index contributed by atoms with van der Waals surface area (Å²) >= 11 is 0. The number of carbonyl (C=O) groups excluding carboxylic acids is 1. The fourth-order valence-electron chi connectivity index (χ4n) is 2.02. The van der Waals surface area contributed by atoms with Gasteiger partial charge < -0.3 is 9.73 Å². The first kappa shape index (κ1) is 13.9. The minimum atomic E-state index is -3.08. The molecule has 2 rings (SSSR count). The van der Waals surface area contributed by atoms with Crippen molar-refractivity contribution < 1.29 is 17.6 Å². The summed E-state index contributed by atoms with van der Waals surface area (Å²) in [5.41, 5.74) is 0. The number of sulfone groups is 1. The van der Waals surface area contributed by atoms with E-state index in [4.69, 9.17) is 4.42 Å². The van der Waals surface area contributed by atoms with E-state index >= 15 is 0 Å². The molecule has 1 aliphatic heterocycles. The van der Waals surface area contributed by atoms with E-state index < -0.39 is 9.84 Å². The Kier molecular flexibility index (Phi) is 4.09. The number of aryl methyl sites for hydroxylation is 1. The summed E-state index contributed by atoms with van der Waals surface area (Å²) in [6.45, 7) is 2.36. The number of amides is 1. The molecule has 1 aromatic rings. The van der Waals surface area contributed by atoms with E-state index in [1.54, 1.807) is 6.08 Å². The number of furan rings is 1. The second-order valence-corrected chi connectivity index (χ2v) is 6.67. The molecule has 1 atom stereocenters. The molecule has 1 N–H and O–H groups in total. The van der Waals surface area contributed by atoms with E-state index in [0.717, 1.165) is 11.5 Å². The summed E-state index contributed by atoms with van der Waals surface area (Å²) in [5, 5.41) is 3.96. The molecule has 6 heteroatoms. The van der Waals surface area contributed by atoms with Crippen LogP contribution >= 0.6 is 0 Å². The van der Waals surface area contributed by atoms with Crippen LogP contribution in [0.2, 0.25) is 0 Å². The van der Waals surface area contributed by atoms with Gasteiger partial charge in [0, 0.05) is 30.7 Å². The van der Waals surface area contributed by atoms with Crippen LogP contribution in [0.4, 0.5) is 0 Å². The summed E-state index contributed by atoms with van der Waals surface area (Å²) < 4.78 is 27.8. The fraction of sp³-hybridized carbons (Fsp3) is 0.462. The number of carbonyl (C=O) groups is 1. The number of allylic oxidation sites excluding steroid dienone is 1. The maximum atomic E-state index is 11.6. The van der Waals surface area contributed by atoms with E-state index in [0.29, 0.717) is 13.0 Å². The Bertz CT molecular complexity index is 586. The van der Waals surface area contributed by atoms with Crippen LogP contribution in [0.3, 0.4) is 0 Å². The van der Waals surface area contributed by atoms with Crippen LogP contribution < -0.4 is 5.32 Å². The molecule has 0 aliphatic carbocycles. The third-order valence-corrected chi connectivity index (χ3v) is 4.41. The highest BCUT2D eigenvalue weighted by Crippen LogP contribution is 2.17. The molecule has 19 heavy (non-hydrogen) atoms. The van der Waals surface area contributed by atoms with Gasteiger partial charge in [0.1, 0.15) is 11.5 Å². The van der Waals surface area contributed by atoms with Crippen molar-refractivity contribution in [2.24, 2.45) is 5.92 Å². The van der Waals surface area contributed by atoms with Crippen molar-refractivity contribution in [2.75, 3.05) is 12.3 Å².